The predicted molar refractivity (Wildman–Crippen MR) is 123 cm³/mol. The lowest BCUT2D eigenvalue weighted by molar-refractivity contribution is 0.373. The minimum absolute atomic E-state index is 0.838. The molecule has 0 saturated heterocycles. The van der Waals surface area contributed by atoms with Gasteiger partial charge in [0.2, 0.25) is 0 Å². The van der Waals surface area contributed by atoms with Gasteiger partial charge in [-0.3, -0.25) is 0 Å². The lowest BCUT2D eigenvalue weighted by Crippen LogP contribution is -2.17. The third-order valence-electron chi connectivity index (χ3n) is 6.58. The molecule has 2 saturated carbocycles. The summed E-state index contributed by atoms with van der Waals surface area (Å²) in [6.07, 6.45) is 13.9. The Kier molecular flexibility index (Phi) is 7.34. The molecule has 156 valence electrons. The van der Waals surface area contributed by atoms with E-state index in [4.69, 9.17) is 4.74 Å². The zero-order chi connectivity index (χ0) is 19.7. The molecule has 0 radical (unpaired) electrons. The largest absolute Gasteiger partial charge is 0.457 e. The van der Waals surface area contributed by atoms with E-state index in [1.54, 1.807) is 0 Å². The van der Waals surface area contributed by atoms with Gasteiger partial charge in [-0.25, -0.2) is 0 Å². The average molecular weight is 393 g/mol. The second-order valence-electron chi connectivity index (χ2n) is 8.92. The lowest BCUT2D eigenvalue weighted by Gasteiger charge is -2.22. The van der Waals surface area contributed by atoms with Gasteiger partial charge in [0, 0.05) is 24.5 Å². The van der Waals surface area contributed by atoms with Gasteiger partial charge in [0.15, 0.2) is 0 Å². The van der Waals surface area contributed by atoms with Gasteiger partial charge in [-0.2, -0.15) is 0 Å². The van der Waals surface area contributed by atoms with Crippen LogP contribution in [0.5, 0.6) is 11.5 Å². The van der Waals surface area contributed by atoms with Crippen LogP contribution in [0.1, 0.15) is 64.2 Å². The van der Waals surface area contributed by atoms with Crippen LogP contribution in [0.15, 0.2) is 48.5 Å². The van der Waals surface area contributed by atoms with Crippen LogP contribution < -0.4 is 15.4 Å². The Labute approximate surface area is 176 Å². The van der Waals surface area contributed by atoms with Gasteiger partial charge >= 0.3 is 0 Å². The van der Waals surface area contributed by atoms with Crippen LogP contribution in [-0.4, -0.2) is 13.1 Å². The number of benzene rings is 2. The van der Waals surface area contributed by atoms with E-state index in [0.717, 1.165) is 36.4 Å². The maximum atomic E-state index is 6.02. The first-order chi connectivity index (χ1) is 14.3. The molecular formula is C26H36N2O. The van der Waals surface area contributed by atoms with Crippen LogP contribution in [-0.2, 0) is 0 Å². The normalized spacial score (nSPS) is 18.3. The molecule has 0 aliphatic heterocycles. The Balaban J connectivity index is 1.22. The average Bonchev–Trinajstić information content (AvgIpc) is 2.80. The SMILES string of the molecule is c1cc(Oc2ccc(NCC3CCCCC3)cc2)ccc1NCC1CCCCC1. The summed E-state index contributed by atoms with van der Waals surface area (Å²) in [6.45, 7) is 2.19. The predicted octanol–water partition coefficient (Wildman–Crippen LogP) is 7.46. The van der Waals surface area contributed by atoms with E-state index in [9.17, 15) is 0 Å². The second-order valence-corrected chi connectivity index (χ2v) is 8.92. The quantitative estimate of drug-likeness (QED) is 0.489. The molecule has 0 bridgehead atoms. The monoisotopic (exact) mass is 392 g/mol. The summed E-state index contributed by atoms with van der Waals surface area (Å²) in [6, 6.07) is 16.7. The van der Waals surface area contributed by atoms with E-state index >= 15 is 0 Å². The fourth-order valence-electron chi connectivity index (χ4n) is 4.72. The van der Waals surface area contributed by atoms with Crippen LogP contribution >= 0.6 is 0 Å². The third-order valence-corrected chi connectivity index (χ3v) is 6.58. The van der Waals surface area contributed by atoms with Crippen molar-refractivity contribution in [1.82, 2.24) is 0 Å². The summed E-state index contributed by atoms with van der Waals surface area (Å²) in [5.41, 5.74) is 2.37. The van der Waals surface area contributed by atoms with Crippen LogP contribution in [0.2, 0.25) is 0 Å². The van der Waals surface area contributed by atoms with Crippen molar-refractivity contribution in [3.8, 4) is 11.5 Å². The highest BCUT2D eigenvalue weighted by Gasteiger charge is 2.13. The molecule has 4 rings (SSSR count). The number of rotatable bonds is 8. The summed E-state index contributed by atoms with van der Waals surface area (Å²) >= 11 is 0. The zero-order valence-electron chi connectivity index (χ0n) is 17.7. The molecule has 0 amide bonds. The first-order valence-electron chi connectivity index (χ1n) is 11.7. The fourth-order valence-corrected chi connectivity index (χ4v) is 4.72. The van der Waals surface area contributed by atoms with Gasteiger partial charge in [0.1, 0.15) is 11.5 Å². The molecule has 2 aromatic carbocycles. The molecule has 2 aromatic rings. The molecule has 0 spiro atoms. The van der Waals surface area contributed by atoms with Crippen molar-refractivity contribution >= 4 is 11.4 Å². The van der Waals surface area contributed by atoms with Crippen molar-refractivity contribution in [3.63, 3.8) is 0 Å². The topological polar surface area (TPSA) is 33.3 Å². The molecule has 2 aliphatic rings. The zero-order valence-corrected chi connectivity index (χ0v) is 17.7. The van der Waals surface area contributed by atoms with Gasteiger partial charge in [-0.1, -0.05) is 38.5 Å². The van der Waals surface area contributed by atoms with Crippen LogP contribution in [0.4, 0.5) is 11.4 Å². The summed E-state index contributed by atoms with van der Waals surface area (Å²) in [5.74, 6) is 3.45. The van der Waals surface area contributed by atoms with Gasteiger partial charge in [0.25, 0.3) is 0 Å². The van der Waals surface area contributed by atoms with Crippen molar-refractivity contribution in [3.05, 3.63) is 48.5 Å². The molecule has 0 aromatic heterocycles. The first-order valence-corrected chi connectivity index (χ1v) is 11.7. The molecule has 2 fully saturated rings. The molecule has 0 unspecified atom stereocenters. The molecule has 0 atom stereocenters. The summed E-state index contributed by atoms with van der Waals surface area (Å²) in [7, 11) is 0. The van der Waals surface area contributed by atoms with Crippen molar-refractivity contribution in [2.24, 2.45) is 11.8 Å². The first kappa shape index (κ1) is 20.1. The fraction of sp³-hybridized carbons (Fsp3) is 0.538. The van der Waals surface area contributed by atoms with Crippen LogP contribution in [0.3, 0.4) is 0 Å². The number of hydrogen-bond acceptors (Lipinski definition) is 3. The Morgan fingerprint density at radius 2 is 0.931 bits per heavy atom. The highest BCUT2D eigenvalue weighted by Crippen LogP contribution is 2.27. The number of anilines is 2. The van der Waals surface area contributed by atoms with Gasteiger partial charge in [0.05, 0.1) is 0 Å². The van der Waals surface area contributed by atoms with Crippen molar-refractivity contribution in [2.45, 2.75) is 64.2 Å². The minimum Gasteiger partial charge on any atom is -0.457 e. The van der Waals surface area contributed by atoms with E-state index in [-0.39, 0.29) is 0 Å². The highest BCUT2D eigenvalue weighted by molar-refractivity contribution is 5.49. The van der Waals surface area contributed by atoms with Crippen LogP contribution in [0, 0.1) is 11.8 Å². The Morgan fingerprint density at radius 3 is 1.31 bits per heavy atom. The third kappa shape index (κ3) is 6.42. The number of ether oxygens (including phenoxy) is 1. The van der Waals surface area contributed by atoms with Gasteiger partial charge in [-0.05, 0) is 86.1 Å². The molecule has 0 heterocycles. The highest BCUT2D eigenvalue weighted by atomic mass is 16.5. The Morgan fingerprint density at radius 1 is 0.552 bits per heavy atom. The van der Waals surface area contributed by atoms with Gasteiger partial charge in [-0.15, -0.1) is 0 Å². The molecule has 29 heavy (non-hydrogen) atoms. The van der Waals surface area contributed by atoms with E-state index < -0.39 is 0 Å². The van der Waals surface area contributed by atoms with E-state index in [1.807, 2.05) is 0 Å². The molecular weight excluding hydrogens is 356 g/mol. The standard InChI is InChI=1S/C26H36N2O/c1-3-7-21(8-4-1)19-27-23-11-15-25(16-12-23)29-26-17-13-24(14-18-26)28-20-22-9-5-2-6-10-22/h11-18,21-22,27-28H,1-10,19-20H2. The van der Waals surface area contributed by atoms with E-state index in [0.29, 0.717) is 0 Å². The molecule has 2 aliphatic carbocycles. The Hall–Kier alpha value is -2.16. The molecule has 3 heteroatoms. The maximum Gasteiger partial charge on any atom is 0.127 e. The molecule has 2 N–H and O–H groups in total. The van der Waals surface area contributed by atoms with Crippen LogP contribution in [0.25, 0.3) is 0 Å². The van der Waals surface area contributed by atoms with E-state index in [1.165, 1.54) is 75.6 Å². The van der Waals surface area contributed by atoms with Crippen molar-refractivity contribution in [2.75, 3.05) is 23.7 Å². The lowest BCUT2D eigenvalue weighted by atomic mass is 9.89. The van der Waals surface area contributed by atoms with Crippen molar-refractivity contribution < 1.29 is 4.74 Å². The maximum absolute atomic E-state index is 6.02. The van der Waals surface area contributed by atoms with Crippen molar-refractivity contribution in [1.29, 1.82) is 0 Å². The number of nitrogens with one attached hydrogen (secondary N) is 2. The molecule has 3 nitrogen and oxygen atoms in total. The van der Waals surface area contributed by atoms with Gasteiger partial charge < -0.3 is 15.4 Å². The number of hydrogen-bond donors (Lipinski definition) is 2. The van der Waals surface area contributed by atoms with E-state index in [2.05, 4.69) is 59.2 Å². The summed E-state index contributed by atoms with van der Waals surface area (Å²) < 4.78 is 6.02. The summed E-state index contributed by atoms with van der Waals surface area (Å²) in [5, 5.41) is 7.18. The Bertz CT molecular complexity index is 650. The minimum atomic E-state index is 0.838. The smallest absolute Gasteiger partial charge is 0.127 e. The second kappa shape index (κ2) is 10.6. The summed E-state index contributed by atoms with van der Waals surface area (Å²) in [4.78, 5) is 0.